The fraction of sp³-hybridized carbons (Fsp3) is 0.400. The van der Waals surface area contributed by atoms with Gasteiger partial charge in [0.1, 0.15) is 12.0 Å². The van der Waals surface area contributed by atoms with E-state index in [0.717, 1.165) is 0 Å². The number of H-pyrrole nitrogens is 2. The monoisotopic (exact) mass is 228 g/mol. The normalized spacial score (nSPS) is 8.50. The Morgan fingerprint density at radius 2 is 1.75 bits per heavy atom. The number of rotatable bonds is 0. The van der Waals surface area contributed by atoms with Gasteiger partial charge in [-0.1, -0.05) is 13.8 Å². The van der Waals surface area contributed by atoms with Gasteiger partial charge >= 0.3 is 0 Å². The standard InChI is InChI=1S/2C4H5NO2.C2H6/c1-3-2-7-5-4(3)6;1-3-2-4(6)5-7-3;1-2/h2*2H,1H3,(H,5,6);1-2H3. The van der Waals surface area contributed by atoms with Gasteiger partial charge in [0.15, 0.2) is 0 Å². The van der Waals surface area contributed by atoms with Gasteiger partial charge in [-0.05, 0) is 13.8 Å². The zero-order valence-electron chi connectivity index (χ0n) is 9.79. The van der Waals surface area contributed by atoms with Crippen LogP contribution in [0.2, 0.25) is 0 Å². The fourth-order valence-corrected chi connectivity index (χ4v) is 0.680. The molecule has 2 rings (SSSR count). The summed E-state index contributed by atoms with van der Waals surface area (Å²) in [6.07, 6.45) is 1.38. The van der Waals surface area contributed by atoms with Crippen LogP contribution in [0.4, 0.5) is 0 Å². The summed E-state index contributed by atoms with van der Waals surface area (Å²) in [7, 11) is 0. The quantitative estimate of drug-likeness (QED) is 0.716. The molecule has 6 nitrogen and oxygen atoms in total. The molecule has 0 saturated carbocycles. The van der Waals surface area contributed by atoms with Crippen LogP contribution in [0.5, 0.6) is 0 Å². The number of aromatic nitrogens is 2. The molecule has 6 heteroatoms. The third-order valence-corrected chi connectivity index (χ3v) is 1.39. The predicted molar refractivity (Wildman–Crippen MR) is 59.5 cm³/mol. The lowest BCUT2D eigenvalue weighted by atomic mass is 10.4. The molecule has 0 unspecified atom stereocenters. The van der Waals surface area contributed by atoms with Gasteiger partial charge in [-0.3, -0.25) is 9.59 Å². The highest BCUT2D eigenvalue weighted by atomic mass is 16.5. The highest BCUT2D eigenvalue weighted by Crippen LogP contribution is 1.83. The summed E-state index contributed by atoms with van der Waals surface area (Å²) >= 11 is 0. The Hall–Kier alpha value is -1.98. The maximum Gasteiger partial charge on any atom is 0.282 e. The van der Waals surface area contributed by atoms with E-state index in [9.17, 15) is 9.59 Å². The van der Waals surface area contributed by atoms with Crippen LogP contribution < -0.4 is 11.1 Å². The Bertz CT molecular complexity index is 489. The number of nitrogens with one attached hydrogen (secondary N) is 2. The molecule has 0 atom stereocenters. The van der Waals surface area contributed by atoms with Crippen molar-refractivity contribution in [2.24, 2.45) is 0 Å². The minimum Gasteiger partial charge on any atom is -0.387 e. The average Bonchev–Trinajstić information content (AvgIpc) is 2.81. The smallest absolute Gasteiger partial charge is 0.282 e. The van der Waals surface area contributed by atoms with E-state index in [1.807, 2.05) is 13.8 Å². The van der Waals surface area contributed by atoms with Crippen LogP contribution in [-0.2, 0) is 0 Å². The molecular weight excluding hydrogens is 212 g/mol. The van der Waals surface area contributed by atoms with Crippen LogP contribution in [0.3, 0.4) is 0 Å². The fourth-order valence-electron chi connectivity index (χ4n) is 0.680. The van der Waals surface area contributed by atoms with Crippen LogP contribution >= 0.6 is 0 Å². The zero-order valence-corrected chi connectivity index (χ0v) is 9.79. The van der Waals surface area contributed by atoms with Gasteiger partial charge in [0.05, 0.1) is 5.56 Å². The van der Waals surface area contributed by atoms with E-state index in [0.29, 0.717) is 11.3 Å². The summed E-state index contributed by atoms with van der Waals surface area (Å²) in [6, 6.07) is 1.39. The molecule has 2 aromatic heterocycles. The molecule has 0 radical (unpaired) electrons. The van der Waals surface area contributed by atoms with Gasteiger partial charge in [0.2, 0.25) is 0 Å². The van der Waals surface area contributed by atoms with Gasteiger partial charge in [0, 0.05) is 6.07 Å². The van der Waals surface area contributed by atoms with Crippen LogP contribution in [0.25, 0.3) is 0 Å². The predicted octanol–water partition coefficient (Wildman–Crippen LogP) is 1.58. The summed E-state index contributed by atoms with van der Waals surface area (Å²) in [5.41, 5.74) is 0.275. The lowest BCUT2D eigenvalue weighted by molar-refractivity contribution is 0.392. The zero-order chi connectivity index (χ0) is 12.6. The van der Waals surface area contributed by atoms with Gasteiger partial charge in [-0.2, -0.15) is 10.3 Å². The first-order valence-corrected chi connectivity index (χ1v) is 4.87. The Labute approximate surface area is 92.2 Å². The van der Waals surface area contributed by atoms with Crippen LogP contribution in [-0.4, -0.2) is 10.3 Å². The highest BCUT2D eigenvalue weighted by Gasteiger charge is 1.88. The number of hydrogen-bond donors (Lipinski definition) is 2. The van der Waals surface area contributed by atoms with E-state index >= 15 is 0 Å². The third kappa shape index (κ3) is 5.04. The minimum absolute atomic E-state index is 0.153. The number of aromatic amines is 2. The average molecular weight is 228 g/mol. The van der Waals surface area contributed by atoms with Crippen molar-refractivity contribution in [3.8, 4) is 0 Å². The second-order valence-electron chi connectivity index (χ2n) is 2.67. The largest absolute Gasteiger partial charge is 0.387 e. The van der Waals surface area contributed by atoms with Crippen molar-refractivity contribution in [2.45, 2.75) is 27.7 Å². The molecule has 0 amide bonds. The lowest BCUT2D eigenvalue weighted by Crippen LogP contribution is -1.98. The summed E-state index contributed by atoms with van der Waals surface area (Å²) in [5.74, 6) is 0.616. The molecule has 90 valence electrons. The van der Waals surface area contributed by atoms with Crippen molar-refractivity contribution in [3.63, 3.8) is 0 Å². The van der Waals surface area contributed by atoms with Crippen LogP contribution in [0, 0.1) is 13.8 Å². The second kappa shape index (κ2) is 7.33. The van der Waals surface area contributed by atoms with Crippen molar-refractivity contribution >= 4 is 0 Å². The highest BCUT2D eigenvalue weighted by molar-refractivity contribution is 4.95. The molecule has 0 aliphatic heterocycles. The topological polar surface area (TPSA) is 92.0 Å². The van der Waals surface area contributed by atoms with Gasteiger partial charge in [-0.15, -0.1) is 0 Å². The summed E-state index contributed by atoms with van der Waals surface area (Å²) in [5, 5.41) is 4.28. The Balaban J connectivity index is 0.000000244. The first kappa shape index (κ1) is 14.0. The third-order valence-electron chi connectivity index (χ3n) is 1.39. The molecule has 0 fully saturated rings. The van der Waals surface area contributed by atoms with E-state index in [4.69, 9.17) is 0 Å². The lowest BCUT2D eigenvalue weighted by Gasteiger charge is -1.66. The molecule has 2 heterocycles. The van der Waals surface area contributed by atoms with E-state index in [1.54, 1.807) is 13.8 Å². The van der Waals surface area contributed by atoms with Crippen molar-refractivity contribution in [2.75, 3.05) is 0 Å². The first-order chi connectivity index (χ1) is 7.59. The Morgan fingerprint density at radius 3 is 1.88 bits per heavy atom. The Morgan fingerprint density at radius 1 is 1.12 bits per heavy atom. The minimum atomic E-state index is -0.183. The molecule has 0 saturated heterocycles. The molecule has 0 bridgehead atoms. The van der Waals surface area contributed by atoms with E-state index in [1.165, 1.54) is 12.3 Å². The van der Waals surface area contributed by atoms with Crippen LogP contribution in [0.1, 0.15) is 25.2 Å². The van der Waals surface area contributed by atoms with Gasteiger partial charge in [-0.25, -0.2) is 0 Å². The molecule has 0 aromatic carbocycles. The summed E-state index contributed by atoms with van der Waals surface area (Å²) in [4.78, 5) is 20.4. The molecule has 0 aliphatic carbocycles. The molecule has 0 spiro atoms. The van der Waals surface area contributed by atoms with Gasteiger partial charge < -0.3 is 9.05 Å². The number of aryl methyl sites for hydroxylation is 2. The van der Waals surface area contributed by atoms with E-state index in [2.05, 4.69) is 19.4 Å². The molecule has 16 heavy (non-hydrogen) atoms. The van der Waals surface area contributed by atoms with Gasteiger partial charge in [0.25, 0.3) is 11.1 Å². The van der Waals surface area contributed by atoms with Crippen molar-refractivity contribution in [1.82, 2.24) is 10.3 Å². The summed E-state index contributed by atoms with van der Waals surface area (Å²) < 4.78 is 8.93. The number of hydrogen-bond acceptors (Lipinski definition) is 4. The van der Waals surface area contributed by atoms with Crippen molar-refractivity contribution < 1.29 is 9.05 Å². The summed E-state index contributed by atoms with van der Waals surface area (Å²) in [6.45, 7) is 7.39. The van der Waals surface area contributed by atoms with E-state index < -0.39 is 0 Å². The van der Waals surface area contributed by atoms with Crippen molar-refractivity contribution in [3.05, 3.63) is 44.4 Å². The Kier molecular flexibility index (Phi) is 6.42. The molecule has 2 N–H and O–H groups in total. The maximum atomic E-state index is 10.3. The molecule has 0 aliphatic rings. The molecule has 2 aromatic rings. The van der Waals surface area contributed by atoms with E-state index in [-0.39, 0.29) is 11.1 Å². The van der Waals surface area contributed by atoms with Crippen molar-refractivity contribution in [1.29, 1.82) is 0 Å². The maximum absolute atomic E-state index is 10.3. The SMILES string of the molecule is CC.Cc1cc(=O)[nH]o1.Cc1co[nH]c1=O. The molecular formula is C10H16N2O4. The second-order valence-corrected chi connectivity index (χ2v) is 2.67. The van der Waals surface area contributed by atoms with Crippen LogP contribution in [0.15, 0.2) is 31.0 Å². The first-order valence-electron chi connectivity index (χ1n) is 4.87.